The Morgan fingerprint density at radius 1 is 0.446 bits per heavy atom. The number of thiophene rings is 1. The first-order valence-corrected chi connectivity index (χ1v) is 23.1. The van der Waals surface area contributed by atoms with Crippen molar-refractivity contribution in [1.82, 2.24) is 4.57 Å². The highest BCUT2D eigenvalue weighted by molar-refractivity contribution is 7.25. The molecule has 0 aliphatic heterocycles. The zero-order valence-corrected chi connectivity index (χ0v) is 36.8. The molecule has 0 spiro atoms. The average Bonchev–Trinajstić information content (AvgIpc) is 3.90. The molecule has 0 amide bonds. The summed E-state index contributed by atoms with van der Waals surface area (Å²) in [6.45, 7) is 6.78. The van der Waals surface area contributed by atoms with E-state index in [0.717, 1.165) is 22.4 Å². The van der Waals surface area contributed by atoms with Crippen LogP contribution in [0, 0.1) is 6.92 Å². The van der Waals surface area contributed by atoms with Crippen molar-refractivity contribution in [2.45, 2.75) is 6.92 Å². The molecule has 10 aromatic carbocycles. The van der Waals surface area contributed by atoms with Gasteiger partial charge in [-0.3, -0.25) is 0 Å². The van der Waals surface area contributed by atoms with E-state index in [0.29, 0.717) is 0 Å². The molecule has 2 aromatic heterocycles. The van der Waals surface area contributed by atoms with Crippen LogP contribution < -0.4 is 0 Å². The van der Waals surface area contributed by atoms with Crippen LogP contribution >= 0.6 is 11.3 Å². The molecule has 65 heavy (non-hydrogen) atoms. The van der Waals surface area contributed by atoms with Crippen LogP contribution in [0.5, 0.6) is 0 Å². The fourth-order valence-corrected chi connectivity index (χ4v) is 10.9. The first kappa shape index (κ1) is 38.6. The number of aryl methyl sites for hydroxylation is 1. The zero-order chi connectivity index (χ0) is 43.4. The van der Waals surface area contributed by atoms with Gasteiger partial charge in [-0.25, -0.2) is 0 Å². The van der Waals surface area contributed by atoms with E-state index in [1.807, 2.05) is 11.3 Å². The summed E-state index contributed by atoms with van der Waals surface area (Å²) in [4.78, 5) is 0. The molecule has 0 fully saturated rings. The van der Waals surface area contributed by atoms with Crippen LogP contribution in [0.2, 0.25) is 0 Å². The largest absolute Gasteiger partial charge is 0.309 e. The number of hydrogen-bond acceptors (Lipinski definition) is 1. The van der Waals surface area contributed by atoms with Crippen molar-refractivity contribution in [3.63, 3.8) is 0 Å². The summed E-state index contributed by atoms with van der Waals surface area (Å²) in [5.74, 6) is 0. The van der Waals surface area contributed by atoms with Gasteiger partial charge in [0.25, 0.3) is 0 Å². The van der Waals surface area contributed by atoms with Gasteiger partial charge in [-0.2, -0.15) is 0 Å². The minimum absolute atomic E-state index is 1.03. The van der Waals surface area contributed by atoms with E-state index in [4.69, 9.17) is 0 Å². The number of rotatable bonds is 8. The highest BCUT2D eigenvalue weighted by Crippen LogP contribution is 2.42. The first-order valence-electron chi connectivity index (χ1n) is 22.3. The monoisotopic (exact) mass is 845 g/mol. The quantitative estimate of drug-likeness (QED) is 0.134. The molecule has 0 radical (unpaired) electrons. The van der Waals surface area contributed by atoms with Crippen LogP contribution in [-0.2, 0) is 0 Å². The maximum atomic E-state index is 4.58. The summed E-state index contributed by atoms with van der Waals surface area (Å²) in [5.41, 5.74) is 17.7. The molecule has 1 nitrogen and oxygen atoms in total. The van der Waals surface area contributed by atoms with Gasteiger partial charge in [0.05, 0.1) is 11.0 Å². The number of hydrogen-bond donors (Lipinski definition) is 0. The van der Waals surface area contributed by atoms with E-state index in [1.165, 1.54) is 103 Å². The SMILES string of the molecule is C=C(c1ccccc1)c1ccc(-c2ccc3c(c2)sc2ccc(/C(=C/c4ccc5c(c4)c4ccccc4n5-c4ccccc4)c4ccc5ccccc5c4)cc23)cc1-c1ccccc1C. The molecule has 0 saturated carbocycles. The van der Waals surface area contributed by atoms with Crippen molar-refractivity contribution in [2.24, 2.45) is 0 Å². The Hall–Kier alpha value is -8.04. The van der Waals surface area contributed by atoms with Gasteiger partial charge < -0.3 is 4.57 Å². The lowest BCUT2D eigenvalue weighted by Gasteiger charge is -2.17. The van der Waals surface area contributed by atoms with Crippen LogP contribution in [0.4, 0.5) is 0 Å². The van der Waals surface area contributed by atoms with Crippen LogP contribution in [0.3, 0.4) is 0 Å². The lowest BCUT2D eigenvalue weighted by atomic mass is 9.87. The normalized spacial score (nSPS) is 11.9. The van der Waals surface area contributed by atoms with Gasteiger partial charge in [0, 0.05) is 36.6 Å². The molecule has 12 rings (SSSR count). The number of para-hydroxylation sites is 2. The Bertz CT molecular complexity index is 3840. The highest BCUT2D eigenvalue weighted by Gasteiger charge is 2.17. The van der Waals surface area contributed by atoms with Gasteiger partial charge in [0.1, 0.15) is 0 Å². The summed E-state index contributed by atoms with van der Waals surface area (Å²) in [6, 6.07) is 82.0. The number of nitrogens with zero attached hydrogens (tertiary/aromatic N) is 1. The highest BCUT2D eigenvalue weighted by atomic mass is 32.1. The first-order chi connectivity index (χ1) is 32.0. The van der Waals surface area contributed by atoms with E-state index >= 15 is 0 Å². The van der Waals surface area contributed by atoms with Crippen LogP contribution in [-0.4, -0.2) is 4.57 Å². The predicted octanol–water partition coefficient (Wildman–Crippen LogP) is 17.6. The van der Waals surface area contributed by atoms with Gasteiger partial charge in [0.15, 0.2) is 0 Å². The number of benzene rings is 10. The van der Waals surface area contributed by atoms with Crippen LogP contribution in [0.25, 0.3) is 97.9 Å². The third kappa shape index (κ3) is 6.87. The Labute approximate surface area is 383 Å². The summed E-state index contributed by atoms with van der Waals surface area (Å²) in [5, 5.41) is 7.51. The number of aromatic nitrogens is 1. The van der Waals surface area contributed by atoms with Gasteiger partial charge in [-0.1, -0.05) is 170 Å². The van der Waals surface area contributed by atoms with E-state index in [9.17, 15) is 0 Å². The standard InChI is InChI=1S/C63H43NS/c1-41-15-9-12-22-52(41)57-38-47(28-31-53(57)42(2)44-16-5-3-6-17-44)48-29-32-55-59-39-50(30-34-62(59)65-63(55)40-48)56(49-27-26-45-18-10-11-19-46(45)37-49)35-43-25-33-61-58(36-43)54-23-13-14-24-60(54)64(61)51-20-7-4-8-21-51/h3-40H,2H2,1H3/b56-35+. The van der Waals surface area contributed by atoms with Gasteiger partial charge in [0.2, 0.25) is 0 Å². The number of fused-ring (bicyclic) bond motifs is 7. The second kappa shape index (κ2) is 15.9. The van der Waals surface area contributed by atoms with Crippen molar-refractivity contribution in [2.75, 3.05) is 0 Å². The Morgan fingerprint density at radius 3 is 2.00 bits per heavy atom. The maximum Gasteiger partial charge on any atom is 0.0541 e. The Morgan fingerprint density at radius 2 is 1.14 bits per heavy atom. The minimum Gasteiger partial charge on any atom is -0.309 e. The van der Waals surface area contributed by atoms with Gasteiger partial charge in [-0.15, -0.1) is 11.3 Å². The molecular weight excluding hydrogens is 803 g/mol. The summed E-state index contributed by atoms with van der Waals surface area (Å²) in [6.07, 6.45) is 2.38. The second-order valence-electron chi connectivity index (χ2n) is 17.0. The molecule has 12 aromatic rings. The molecule has 2 heteroatoms. The molecular formula is C63H43NS. The van der Waals surface area contributed by atoms with Crippen LogP contribution in [0.1, 0.15) is 33.4 Å². The van der Waals surface area contributed by atoms with E-state index in [1.54, 1.807) is 0 Å². The van der Waals surface area contributed by atoms with Crippen molar-refractivity contribution in [1.29, 1.82) is 0 Å². The minimum atomic E-state index is 1.03. The summed E-state index contributed by atoms with van der Waals surface area (Å²) >= 11 is 1.87. The summed E-state index contributed by atoms with van der Waals surface area (Å²) < 4.78 is 4.94. The zero-order valence-electron chi connectivity index (χ0n) is 36.0. The van der Waals surface area contributed by atoms with Crippen molar-refractivity contribution in [3.05, 3.63) is 264 Å². The fourth-order valence-electron chi connectivity index (χ4n) is 9.80. The second-order valence-corrected chi connectivity index (χ2v) is 18.1. The van der Waals surface area contributed by atoms with E-state index in [2.05, 4.69) is 249 Å². The molecule has 0 bridgehead atoms. The van der Waals surface area contributed by atoms with Gasteiger partial charge in [-0.05, 0) is 151 Å². The Balaban J connectivity index is 0.979. The molecule has 0 saturated heterocycles. The molecule has 0 aliphatic carbocycles. The Kier molecular flexibility index (Phi) is 9.47. The topological polar surface area (TPSA) is 4.93 Å². The van der Waals surface area contributed by atoms with Crippen LogP contribution in [0.15, 0.2) is 231 Å². The van der Waals surface area contributed by atoms with Crippen molar-refractivity contribution in [3.8, 4) is 27.9 Å². The fraction of sp³-hybridized carbons (Fsp3) is 0.0159. The molecule has 0 unspecified atom stereocenters. The van der Waals surface area contributed by atoms with Crippen molar-refractivity contribution >= 4 is 81.3 Å². The third-order valence-corrected chi connectivity index (χ3v) is 14.2. The molecule has 2 heterocycles. The maximum absolute atomic E-state index is 4.58. The van der Waals surface area contributed by atoms with Gasteiger partial charge >= 0.3 is 0 Å². The lowest BCUT2D eigenvalue weighted by molar-refractivity contribution is 1.18. The molecule has 0 aliphatic rings. The predicted molar refractivity (Wildman–Crippen MR) is 281 cm³/mol. The van der Waals surface area contributed by atoms with E-state index < -0.39 is 0 Å². The average molecular weight is 846 g/mol. The molecule has 306 valence electrons. The van der Waals surface area contributed by atoms with Crippen molar-refractivity contribution < 1.29 is 0 Å². The molecule has 0 atom stereocenters. The lowest BCUT2D eigenvalue weighted by Crippen LogP contribution is -1.94. The summed E-state index contributed by atoms with van der Waals surface area (Å²) in [7, 11) is 0. The smallest absolute Gasteiger partial charge is 0.0541 e. The van der Waals surface area contributed by atoms with E-state index in [-0.39, 0.29) is 0 Å². The molecule has 0 N–H and O–H groups in total. The third-order valence-electron chi connectivity index (χ3n) is 13.1.